The second-order valence-electron chi connectivity index (χ2n) is 7.49. The van der Waals surface area contributed by atoms with Crippen molar-refractivity contribution in [1.29, 1.82) is 0 Å². The molecule has 0 aliphatic carbocycles. The summed E-state index contributed by atoms with van der Waals surface area (Å²) in [6.07, 6.45) is 1.80. The highest BCUT2D eigenvalue weighted by Gasteiger charge is 2.41. The molecule has 0 saturated carbocycles. The summed E-state index contributed by atoms with van der Waals surface area (Å²) in [5.41, 5.74) is 5.19. The quantitative estimate of drug-likeness (QED) is 0.390. The molecule has 0 amide bonds. The second kappa shape index (κ2) is 9.26. The molecule has 2 N–H and O–H groups in total. The molecule has 1 aliphatic heterocycles. The topological polar surface area (TPSA) is 62.4 Å². The van der Waals surface area contributed by atoms with Crippen LogP contribution in [0.5, 0.6) is 5.75 Å². The fraction of sp³-hybridized carbons (Fsp3) is 0.304. The Kier molecular flexibility index (Phi) is 6.46. The maximum atomic E-state index is 6.54. The van der Waals surface area contributed by atoms with Crippen LogP contribution in [0.25, 0.3) is 0 Å². The Balaban J connectivity index is 1.74. The molecule has 1 saturated heterocycles. The number of aryl methyl sites for hydroxylation is 2. The largest absolute Gasteiger partial charge is 0.490 e. The summed E-state index contributed by atoms with van der Waals surface area (Å²) in [6.45, 7) is 5.07. The van der Waals surface area contributed by atoms with Crippen LogP contribution in [-0.4, -0.2) is 35.4 Å². The summed E-state index contributed by atoms with van der Waals surface area (Å²) in [4.78, 5) is 10.1. The van der Waals surface area contributed by atoms with Gasteiger partial charge in [-0.3, -0.25) is 4.98 Å². The second-order valence-corrected chi connectivity index (χ2v) is 8.28. The van der Waals surface area contributed by atoms with Crippen LogP contribution < -0.4 is 15.0 Å². The molecule has 1 aromatic carbocycles. The fourth-order valence-corrected chi connectivity index (χ4v) is 4.57. The number of halogens is 1. The third-order valence-electron chi connectivity index (χ3n) is 5.35. The lowest BCUT2D eigenvalue weighted by Crippen LogP contribution is -2.29. The number of hydrogen-bond donors (Lipinski definition) is 2. The number of nitrogens with zero attached hydrogens (tertiary/aromatic N) is 2. The molecular weight excluding hydrogens is 432 g/mol. The number of ether oxygens (including phenoxy) is 2. The minimum atomic E-state index is -0.0981. The molecule has 1 fully saturated rings. The Morgan fingerprint density at radius 1 is 1.16 bits per heavy atom. The van der Waals surface area contributed by atoms with Gasteiger partial charge in [-0.15, -0.1) is 0 Å². The Labute approximate surface area is 192 Å². The van der Waals surface area contributed by atoms with Gasteiger partial charge in [0, 0.05) is 30.4 Å². The number of rotatable bonds is 7. The van der Waals surface area contributed by atoms with E-state index in [2.05, 4.69) is 40.1 Å². The van der Waals surface area contributed by atoms with Gasteiger partial charge in [0.15, 0.2) is 5.11 Å². The van der Waals surface area contributed by atoms with E-state index in [9.17, 15) is 0 Å². The van der Waals surface area contributed by atoms with Gasteiger partial charge < -0.3 is 24.7 Å². The van der Waals surface area contributed by atoms with E-state index in [1.54, 1.807) is 13.3 Å². The number of aromatic nitrogens is 2. The van der Waals surface area contributed by atoms with Crippen molar-refractivity contribution in [2.45, 2.75) is 25.9 Å². The number of anilines is 1. The number of H-pyrrole nitrogens is 1. The lowest BCUT2D eigenvalue weighted by molar-refractivity contribution is 0.146. The Bertz CT molecular complexity index is 1070. The first kappa shape index (κ1) is 21.6. The van der Waals surface area contributed by atoms with Gasteiger partial charge in [0.05, 0.1) is 29.4 Å². The van der Waals surface area contributed by atoms with Crippen LogP contribution in [0.3, 0.4) is 0 Å². The van der Waals surface area contributed by atoms with Gasteiger partial charge in [0.25, 0.3) is 0 Å². The molecular formula is C23H25ClN4O2S. The zero-order chi connectivity index (χ0) is 22.0. The first-order valence-electron chi connectivity index (χ1n) is 10.1. The molecule has 2 aromatic heterocycles. The maximum Gasteiger partial charge on any atom is 0.174 e. The first-order chi connectivity index (χ1) is 15.0. The van der Waals surface area contributed by atoms with Gasteiger partial charge >= 0.3 is 0 Å². The summed E-state index contributed by atoms with van der Waals surface area (Å²) in [6, 6.07) is 13.7. The summed E-state index contributed by atoms with van der Waals surface area (Å²) < 4.78 is 10.7. The van der Waals surface area contributed by atoms with Gasteiger partial charge in [0.1, 0.15) is 12.4 Å². The van der Waals surface area contributed by atoms with E-state index < -0.39 is 0 Å². The van der Waals surface area contributed by atoms with E-state index in [0.717, 1.165) is 28.3 Å². The van der Waals surface area contributed by atoms with Crippen LogP contribution in [0, 0.1) is 13.8 Å². The molecule has 2 atom stereocenters. The molecule has 3 aromatic rings. The normalized spacial score (nSPS) is 18.3. The van der Waals surface area contributed by atoms with Crippen LogP contribution in [0.2, 0.25) is 5.02 Å². The number of pyridine rings is 1. The number of hydrogen-bond acceptors (Lipinski definition) is 4. The highest BCUT2D eigenvalue weighted by molar-refractivity contribution is 7.80. The summed E-state index contributed by atoms with van der Waals surface area (Å²) in [5.74, 6) is 0.618. The SMILES string of the molecule is COCCOc1ccc(N2C(=S)N[C@@H](c3ccccn3)[C@H]2c2cc(C)[nH]c2C)cc1Cl. The van der Waals surface area contributed by atoms with Crippen molar-refractivity contribution >= 4 is 34.6 Å². The monoisotopic (exact) mass is 456 g/mol. The lowest BCUT2D eigenvalue weighted by Gasteiger charge is -2.28. The molecule has 4 rings (SSSR count). The molecule has 6 nitrogen and oxygen atoms in total. The van der Waals surface area contributed by atoms with Crippen molar-refractivity contribution in [2.75, 3.05) is 25.2 Å². The average molecular weight is 457 g/mol. The lowest BCUT2D eigenvalue weighted by atomic mass is 9.96. The van der Waals surface area contributed by atoms with Gasteiger partial charge in [-0.25, -0.2) is 0 Å². The van der Waals surface area contributed by atoms with Crippen LogP contribution >= 0.6 is 23.8 Å². The van der Waals surface area contributed by atoms with Crippen LogP contribution in [-0.2, 0) is 4.74 Å². The third kappa shape index (κ3) is 4.39. The number of benzene rings is 1. The number of nitrogens with one attached hydrogen (secondary N) is 2. The molecule has 0 radical (unpaired) electrons. The average Bonchev–Trinajstić information content (AvgIpc) is 3.27. The summed E-state index contributed by atoms with van der Waals surface area (Å²) in [7, 11) is 1.64. The van der Waals surface area contributed by atoms with Crippen molar-refractivity contribution in [2.24, 2.45) is 0 Å². The minimum absolute atomic E-state index is 0.0799. The molecule has 0 bridgehead atoms. The zero-order valence-electron chi connectivity index (χ0n) is 17.7. The zero-order valence-corrected chi connectivity index (χ0v) is 19.3. The highest BCUT2D eigenvalue weighted by atomic mass is 35.5. The van der Waals surface area contributed by atoms with E-state index in [1.165, 1.54) is 0 Å². The van der Waals surface area contributed by atoms with Gasteiger partial charge in [-0.1, -0.05) is 17.7 Å². The van der Waals surface area contributed by atoms with Gasteiger partial charge in [0.2, 0.25) is 0 Å². The highest BCUT2D eigenvalue weighted by Crippen LogP contribution is 2.44. The van der Waals surface area contributed by atoms with Crippen molar-refractivity contribution < 1.29 is 9.47 Å². The summed E-state index contributed by atoms with van der Waals surface area (Å²) >= 11 is 12.3. The van der Waals surface area contributed by atoms with Gasteiger partial charge in [-0.05, 0) is 68.0 Å². The van der Waals surface area contributed by atoms with Gasteiger partial charge in [-0.2, -0.15) is 0 Å². The van der Waals surface area contributed by atoms with Crippen LogP contribution in [0.1, 0.15) is 34.7 Å². The molecule has 0 unspecified atom stereocenters. The standard InChI is InChI=1S/C23H25ClN4O2S/c1-14-12-17(15(2)26-14)22-21(19-6-4-5-9-25-19)27-23(31)28(22)16-7-8-20(18(24)13-16)30-11-10-29-3/h4-9,12-13,21-22,26H,10-11H2,1-3H3,(H,27,31)/t21-,22+/m0/s1. The van der Waals surface area contributed by atoms with Crippen molar-refractivity contribution in [3.8, 4) is 5.75 Å². The minimum Gasteiger partial charge on any atom is -0.490 e. The predicted octanol–water partition coefficient (Wildman–Crippen LogP) is 4.88. The Morgan fingerprint density at radius 3 is 2.65 bits per heavy atom. The van der Waals surface area contributed by atoms with Crippen molar-refractivity contribution in [1.82, 2.24) is 15.3 Å². The molecule has 0 spiro atoms. The number of methoxy groups -OCH3 is 1. The fourth-order valence-electron chi connectivity index (χ4n) is 3.99. The number of aromatic amines is 1. The molecule has 1 aliphatic rings. The Morgan fingerprint density at radius 2 is 2.00 bits per heavy atom. The molecule has 3 heterocycles. The van der Waals surface area contributed by atoms with E-state index in [1.807, 2.05) is 36.4 Å². The van der Waals surface area contributed by atoms with E-state index in [-0.39, 0.29) is 12.1 Å². The van der Waals surface area contributed by atoms with Crippen molar-refractivity contribution in [3.63, 3.8) is 0 Å². The van der Waals surface area contributed by atoms with Crippen LogP contribution in [0.4, 0.5) is 5.69 Å². The molecule has 162 valence electrons. The molecule has 8 heteroatoms. The van der Waals surface area contributed by atoms with E-state index in [0.29, 0.717) is 29.1 Å². The maximum absolute atomic E-state index is 6.54. The third-order valence-corrected chi connectivity index (χ3v) is 5.96. The van der Waals surface area contributed by atoms with Crippen LogP contribution in [0.15, 0.2) is 48.7 Å². The summed E-state index contributed by atoms with van der Waals surface area (Å²) in [5, 5.41) is 4.62. The van der Waals surface area contributed by atoms with E-state index >= 15 is 0 Å². The predicted molar refractivity (Wildman–Crippen MR) is 127 cm³/mol. The molecule has 31 heavy (non-hydrogen) atoms. The first-order valence-corrected chi connectivity index (χ1v) is 10.9. The van der Waals surface area contributed by atoms with Crippen molar-refractivity contribution in [3.05, 3.63) is 76.3 Å². The number of thiocarbonyl (C=S) groups is 1. The Hall–Kier alpha value is -2.61. The van der Waals surface area contributed by atoms with E-state index in [4.69, 9.17) is 33.3 Å². The smallest absolute Gasteiger partial charge is 0.174 e.